The molecule has 1 N–H and O–H groups in total. The minimum absolute atomic E-state index is 0.185. The maximum atomic E-state index is 12.1. The predicted octanol–water partition coefficient (Wildman–Crippen LogP) is 4.43. The highest BCUT2D eigenvalue weighted by Crippen LogP contribution is 2.25. The largest absolute Gasteiger partial charge is 0.491 e. The van der Waals surface area contributed by atoms with Crippen molar-refractivity contribution < 1.29 is 14.3 Å². The molecule has 1 amide bonds. The second-order valence-electron chi connectivity index (χ2n) is 6.05. The molecule has 0 spiro atoms. The van der Waals surface area contributed by atoms with Gasteiger partial charge in [-0.3, -0.25) is 4.79 Å². The smallest absolute Gasteiger partial charge is 0.260 e. The van der Waals surface area contributed by atoms with Gasteiger partial charge in [0.05, 0.1) is 6.54 Å². The van der Waals surface area contributed by atoms with Gasteiger partial charge in [-0.25, -0.2) is 0 Å². The van der Waals surface area contributed by atoms with Gasteiger partial charge in [0.15, 0.2) is 6.10 Å². The van der Waals surface area contributed by atoms with Crippen LogP contribution in [0.25, 0.3) is 0 Å². The Morgan fingerprint density at radius 3 is 2.44 bits per heavy atom. The van der Waals surface area contributed by atoms with Crippen LogP contribution >= 0.6 is 11.6 Å². The molecule has 25 heavy (non-hydrogen) atoms. The van der Waals surface area contributed by atoms with Crippen LogP contribution in [0.3, 0.4) is 0 Å². The minimum atomic E-state index is -0.593. The molecule has 0 saturated carbocycles. The molecule has 0 radical (unpaired) electrons. The molecule has 0 aliphatic heterocycles. The van der Waals surface area contributed by atoms with E-state index in [1.165, 1.54) is 0 Å². The monoisotopic (exact) mass is 361 g/mol. The highest BCUT2D eigenvalue weighted by Gasteiger charge is 2.14. The van der Waals surface area contributed by atoms with Crippen molar-refractivity contribution in [3.05, 3.63) is 59.1 Å². The molecule has 0 aromatic heterocycles. The molecular weight excluding hydrogens is 338 g/mol. The number of hydrogen-bond donors (Lipinski definition) is 1. The average Bonchev–Trinajstić information content (AvgIpc) is 2.60. The Hall–Kier alpha value is -2.20. The van der Waals surface area contributed by atoms with Crippen molar-refractivity contribution in [2.24, 2.45) is 0 Å². The van der Waals surface area contributed by atoms with Gasteiger partial charge in [0.1, 0.15) is 18.1 Å². The van der Waals surface area contributed by atoms with Crippen LogP contribution in [-0.4, -0.2) is 25.2 Å². The van der Waals surface area contributed by atoms with Crippen LogP contribution in [0.4, 0.5) is 0 Å². The molecule has 0 unspecified atom stereocenters. The third kappa shape index (κ3) is 5.98. The number of nitrogens with one attached hydrogen (secondary N) is 1. The van der Waals surface area contributed by atoms with Crippen molar-refractivity contribution in [3.63, 3.8) is 0 Å². The number of carbonyl (C=O) groups is 1. The standard InChI is InChI=1S/C20H24ClNO3/c1-14(2)18-6-4-5-7-19(18)24-13-12-22-20(23)15(3)25-17-10-8-16(21)9-11-17/h4-11,14-15H,12-13H2,1-3H3,(H,22,23)/t15-/m0/s1. The highest BCUT2D eigenvalue weighted by molar-refractivity contribution is 6.30. The summed E-state index contributed by atoms with van der Waals surface area (Å²) in [6, 6.07) is 14.9. The molecule has 0 aliphatic carbocycles. The summed E-state index contributed by atoms with van der Waals surface area (Å²) in [5.41, 5.74) is 1.16. The van der Waals surface area contributed by atoms with Gasteiger partial charge in [-0.05, 0) is 48.7 Å². The maximum absolute atomic E-state index is 12.1. The van der Waals surface area contributed by atoms with E-state index in [1.807, 2.05) is 18.2 Å². The predicted molar refractivity (Wildman–Crippen MR) is 101 cm³/mol. The molecule has 134 valence electrons. The van der Waals surface area contributed by atoms with Crippen molar-refractivity contribution >= 4 is 17.5 Å². The number of amides is 1. The van der Waals surface area contributed by atoms with E-state index in [0.717, 1.165) is 11.3 Å². The van der Waals surface area contributed by atoms with Gasteiger partial charge in [0.25, 0.3) is 5.91 Å². The maximum Gasteiger partial charge on any atom is 0.260 e. The number of benzene rings is 2. The Kier molecular flexibility index (Phi) is 7.14. The molecular formula is C20H24ClNO3. The lowest BCUT2D eigenvalue weighted by Crippen LogP contribution is -2.38. The lowest BCUT2D eigenvalue weighted by molar-refractivity contribution is -0.127. The topological polar surface area (TPSA) is 47.6 Å². The molecule has 0 aliphatic rings. The fourth-order valence-electron chi connectivity index (χ4n) is 2.34. The number of carbonyl (C=O) groups excluding carboxylic acids is 1. The van der Waals surface area contributed by atoms with Crippen LogP contribution in [0.1, 0.15) is 32.3 Å². The summed E-state index contributed by atoms with van der Waals surface area (Å²) in [5.74, 6) is 1.67. The lowest BCUT2D eigenvalue weighted by Gasteiger charge is -2.16. The van der Waals surface area contributed by atoms with E-state index < -0.39 is 6.10 Å². The van der Waals surface area contributed by atoms with E-state index in [9.17, 15) is 4.79 Å². The van der Waals surface area contributed by atoms with Gasteiger partial charge in [0, 0.05) is 5.02 Å². The summed E-state index contributed by atoms with van der Waals surface area (Å²) < 4.78 is 11.4. The zero-order valence-electron chi connectivity index (χ0n) is 14.8. The van der Waals surface area contributed by atoms with Crippen LogP contribution in [0.2, 0.25) is 5.02 Å². The molecule has 1 atom stereocenters. The Morgan fingerprint density at radius 2 is 1.76 bits per heavy atom. The fraction of sp³-hybridized carbons (Fsp3) is 0.350. The van der Waals surface area contributed by atoms with E-state index in [1.54, 1.807) is 31.2 Å². The van der Waals surface area contributed by atoms with E-state index in [-0.39, 0.29) is 5.91 Å². The molecule has 0 bridgehead atoms. The molecule has 0 saturated heterocycles. The van der Waals surface area contributed by atoms with E-state index >= 15 is 0 Å². The first-order valence-electron chi connectivity index (χ1n) is 8.39. The first-order chi connectivity index (χ1) is 12.0. The van der Waals surface area contributed by atoms with Gasteiger partial charge in [-0.2, -0.15) is 0 Å². The van der Waals surface area contributed by atoms with Gasteiger partial charge in [-0.15, -0.1) is 0 Å². The second-order valence-corrected chi connectivity index (χ2v) is 6.48. The first kappa shape index (κ1) is 19.1. The third-order valence-electron chi connectivity index (χ3n) is 3.70. The molecule has 2 rings (SSSR count). The number of rotatable bonds is 8. The summed E-state index contributed by atoms with van der Waals surface area (Å²) in [6.07, 6.45) is -0.593. The highest BCUT2D eigenvalue weighted by atomic mass is 35.5. The van der Waals surface area contributed by atoms with Crippen molar-refractivity contribution in [3.8, 4) is 11.5 Å². The summed E-state index contributed by atoms with van der Waals surface area (Å²) in [7, 11) is 0. The Morgan fingerprint density at radius 1 is 1.08 bits per heavy atom. The van der Waals surface area contributed by atoms with E-state index in [4.69, 9.17) is 21.1 Å². The van der Waals surface area contributed by atoms with Crippen LogP contribution in [0.5, 0.6) is 11.5 Å². The molecule has 2 aromatic carbocycles. The van der Waals surface area contributed by atoms with Crippen molar-refractivity contribution in [1.82, 2.24) is 5.32 Å². The molecule has 2 aromatic rings. The molecule has 0 fully saturated rings. The van der Waals surface area contributed by atoms with Crippen LogP contribution in [-0.2, 0) is 4.79 Å². The minimum Gasteiger partial charge on any atom is -0.491 e. The fourth-order valence-corrected chi connectivity index (χ4v) is 2.46. The van der Waals surface area contributed by atoms with Gasteiger partial charge in [0.2, 0.25) is 0 Å². The quantitative estimate of drug-likeness (QED) is 0.708. The normalized spacial score (nSPS) is 11.9. The average molecular weight is 362 g/mol. The zero-order chi connectivity index (χ0) is 18.2. The van der Waals surface area contributed by atoms with Crippen LogP contribution in [0, 0.1) is 0 Å². The lowest BCUT2D eigenvalue weighted by atomic mass is 10.0. The van der Waals surface area contributed by atoms with E-state index in [2.05, 4.69) is 25.2 Å². The summed E-state index contributed by atoms with van der Waals surface area (Å²) in [6.45, 7) is 6.78. The molecule has 0 heterocycles. The number of para-hydroxylation sites is 1. The van der Waals surface area contributed by atoms with Crippen molar-refractivity contribution in [2.75, 3.05) is 13.2 Å². The van der Waals surface area contributed by atoms with Gasteiger partial charge < -0.3 is 14.8 Å². The summed E-state index contributed by atoms with van der Waals surface area (Å²) in [5, 5.41) is 3.45. The Balaban J connectivity index is 1.76. The Bertz CT molecular complexity index is 686. The number of ether oxygens (including phenoxy) is 2. The molecule has 4 nitrogen and oxygen atoms in total. The van der Waals surface area contributed by atoms with Gasteiger partial charge in [-0.1, -0.05) is 43.6 Å². The van der Waals surface area contributed by atoms with Crippen molar-refractivity contribution in [1.29, 1.82) is 0 Å². The summed E-state index contributed by atoms with van der Waals surface area (Å²) in [4.78, 5) is 12.1. The Labute approximate surface area is 154 Å². The first-order valence-corrected chi connectivity index (χ1v) is 8.77. The van der Waals surface area contributed by atoms with Crippen LogP contribution in [0.15, 0.2) is 48.5 Å². The SMILES string of the molecule is CC(C)c1ccccc1OCCNC(=O)[C@H](C)Oc1ccc(Cl)cc1. The summed E-state index contributed by atoms with van der Waals surface area (Å²) >= 11 is 5.83. The third-order valence-corrected chi connectivity index (χ3v) is 3.95. The number of halogens is 1. The van der Waals surface area contributed by atoms with E-state index in [0.29, 0.717) is 29.8 Å². The molecule has 5 heteroatoms. The van der Waals surface area contributed by atoms with Gasteiger partial charge >= 0.3 is 0 Å². The second kappa shape index (κ2) is 9.33. The van der Waals surface area contributed by atoms with Crippen molar-refractivity contribution in [2.45, 2.75) is 32.8 Å². The van der Waals surface area contributed by atoms with Crippen LogP contribution < -0.4 is 14.8 Å². The number of hydrogen-bond acceptors (Lipinski definition) is 3. The zero-order valence-corrected chi connectivity index (χ0v) is 15.5.